The Balaban J connectivity index is 1.64. The summed E-state index contributed by atoms with van der Waals surface area (Å²) >= 11 is 0. The molecule has 1 N–H and O–H groups in total. The maximum Gasteiger partial charge on any atom is 0.247 e. The summed E-state index contributed by atoms with van der Waals surface area (Å²) in [5, 5.41) is 10.8. The van der Waals surface area contributed by atoms with Crippen molar-refractivity contribution in [2.45, 2.75) is 19.9 Å². The second-order valence-corrected chi connectivity index (χ2v) is 5.48. The van der Waals surface area contributed by atoms with Crippen LogP contribution in [0.15, 0.2) is 70.7 Å². The smallest absolute Gasteiger partial charge is 0.247 e. The van der Waals surface area contributed by atoms with Crippen LogP contribution in [0, 0.1) is 0 Å². The largest absolute Gasteiger partial charge is 0.419 e. The van der Waals surface area contributed by atoms with Gasteiger partial charge in [0.05, 0.1) is 6.54 Å². The third-order valence-electron chi connectivity index (χ3n) is 3.70. The molecule has 0 fully saturated rings. The molecule has 3 aromatic rings. The minimum Gasteiger partial charge on any atom is -0.419 e. The fourth-order valence-corrected chi connectivity index (χ4v) is 2.37. The van der Waals surface area contributed by atoms with E-state index in [-0.39, 0.29) is 12.5 Å². The average molecular weight is 333 g/mol. The summed E-state index contributed by atoms with van der Waals surface area (Å²) in [6.45, 7) is 2.15. The van der Waals surface area contributed by atoms with Gasteiger partial charge in [0, 0.05) is 11.1 Å². The lowest BCUT2D eigenvalue weighted by Crippen LogP contribution is -2.24. The Morgan fingerprint density at radius 3 is 2.40 bits per heavy atom. The molecule has 0 aliphatic carbocycles. The van der Waals surface area contributed by atoms with E-state index >= 15 is 0 Å². The van der Waals surface area contributed by atoms with E-state index in [2.05, 4.69) is 15.5 Å². The van der Waals surface area contributed by atoms with Crippen LogP contribution in [-0.2, 0) is 11.3 Å². The molecule has 0 saturated heterocycles. The van der Waals surface area contributed by atoms with Gasteiger partial charge < -0.3 is 9.73 Å². The van der Waals surface area contributed by atoms with Crippen LogP contribution in [0.2, 0.25) is 0 Å². The SMILES string of the molecule is CC/C(=C\c1ccccc1)C(=O)NCc1nnc(-c2ccccc2)o1. The number of aromatic nitrogens is 2. The molecule has 1 aromatic heterocycles. The summed E-state index contributed by atoms with van der Waals surface area (Å²) in [5.41, 5.74) is 2.55. The predicted molar refractivity (Wildman–Crippen MR) is 96.3 cm³/mol. The summed E-state index contributed by atoms with van der Waals surface area (Å²) in [6.07, 6.45) is 2.53. The van der Waals surface area contributed by atoms with Crippen molar-refractivity contribution in [1.82, 2.24) is 15.5 Å². The first-order valence-corrected chi connectivity index (χ1v) is 8.18. The van der Waals surface area contributed by atoms with Gasteiger partial charge in [-0.2, -0.15) is 0 Å². The molecule has 0 bridgehead atoms. The molecule has 5 heteroatoms. The highest BCUT2D eigenvalue weighted by Crippen LogP contribution is 2.17. The maximum absolute atomic E-state index is 12.4. The van der Waals surface area contributed by atoms with Gasteiger partial charge in [0.2, 0.25) is 17.7 Å². The Morgan fingerprint density at radius 1 is 1.04 bits per heavy atom. The monoisotopic (exact) mass is 333 g/mol. The summed E-state index contributed by atoms with van der Waals surface area (Å²) < 4.78 is 5.60. The van der Waals surface area contributed by atoms with E-state index in [4.69, 9.17) is 4.42 Å². The standard InChI is InChI=1S/C20H19N3O2/c1-2-16(13-15-9-5-3-6-10-15)19(24)21-14-18-22-23-20(25-18)17-11-7-4-8-12-17/h3-13H,2,14H2,1H3,(H,21,24)/b16-13+. The quantitative estimate of drug-likeness (QED) is 0.696. The zero-order valence-electron chi connectivity index (χ0n) is 14.0. The molecule has 25 heavy (non-hydrogen) atoms. The van der Waals surface area contributed by atoms with Gasteiger partial charge >= 0.3 is 0 Å². The van der Waals surface area contributed by atoms with Crippen LogP contribution < -0.4 is 5.32 Å². The Hall–Kier alpha value is -3.21. The van der Waals surface area contributed by atoms with Crippen molar-refractivity contribution in [3.63, 3.8) is 0 Å². The summed E-state index contributed by atoms with van der Waals surface area (Å²) in [6, 6.07) is 19.3. The van der Waals surface area contributed by atoms with Gasteiger partial charge in [-0.05, 0) is 30.2 Å². The molecule has 3 rings (SSSR count). The highest BCUT2D eigenvalue weighted by atomic mass is 16.4. The fourth-order valence-electron chi connectivity index (χ4n) is 2.37. The van der Waals surface area contributed by atoms with Gasteiger partial charge in [-0.25, -0.2) is 0 Å². The zero-order valence-corrected chi connectivity index (χ0v) is 14.0. The van der Waals surface area contributed by atoms with E-state index in [1.165, 1.54) is 0 Å². The van der Waals surface area contributed by atoms with Crippen LogP contribution in [0.3, 0.4) is 0 Å². The molecule has 2 aromatic carbocycles. The Bertz CT molecular complexity index is 855. The number of hydrogen-bond donors (Lipinski definition) is 1. The van der Waals surface area contributed by atoms with Crippen LogP contribution in [0.5, 0.6) is 0 Å². The molecule has 1 amide bonds. The van der Waals surface area contributed by atoms with Gasteiger partial charge in [-0.3, -0.25) is 4.79 Å². The third-order valence-corrected chi connectivity index (χ3v) is 3.70. The lowest BCUT2D eigenvalue weighted by atomic mass is 10.1. The molecular weight excluding hydrogens is 314 g/mol. The number of carbonyl (C=O) groups is 1. The van der Waals surface area contributed by atoms with Crippen molar-refractivity contribution in [3.05, 3.63) is 77.7 Å². The number of amides is 1. The molecule has 0 atom stereocenters. The lowest BCUT2D eigenvalue weighted by molar-refractivity contribution is -0.117. The molecule has 0 radical (unpaired) electrons. The number of nitrogens with one attached hydrogen (secondary N) is 1. The molecule has 5 nitrogen and oxygen atoms in total. The zero-order chi connectivity index (χ0) is 17.5. The molecule has 0 aliphatic heterocycles. The highest BCUT2D eigenvalue weighted by Gasteiger charge is 2.11. The van der Waals surface area contributed by atoms with Crippen LogP contribution >= 0.6 is 0 Å². The number of nitrogens with zero attached hydrogens (tertiary/aromatic N) is 2. The number of hydrogen-bond acceptors (Lipinski definition) is 4. The minimum absolute atomic E-state index is 0.134. The number of benzene rings is 2. The highest BCUT2D eigenvalue weighted by molar-refractivity contribution is 5.97. The van der Waals surface area contributed by atoms with Crippen molar-refractivity contribution in [2.24, 2.45) is 0 Å². The van der Waals surface area contributed by atoms with Crippen molar-refractivity contribution in [3.8, 4) is 11.5 Å². The lowest BCUT2D eigenvalue weighted by Gasteiger charge is -2.05. The van der Waals surface area contributed by atoms with E-state index < -0.39 is 0 Å². The van der Waals surface area contributed by atoms with Crippen LogP contribution in [-0.4, -0.2) is 16.1 Å². The molecule has 0 unspecified atom stereocenters. The molecule has 0 aliphatic rings. The predicted octanol–water partition coefficient (Wildman–Crippen LogP) is 3.85. The van der Waals surface area contributed by atoms with E-state index in [0.29, 0.717) is 23.8 Å². The van der Waals surface area contributed by atoms with Gasteiger partial charge in [-0.15, -0.1) is 10.2 Å². The maximum atomic E-state index is 12.4. The Kier molecular flexibility index (Phi) is 5.36. The fraction of sp³-hybridized carbons (Fsp3) is 0.150. The topological polar surface area (TPSA) is 68.0 Å². The minimum atomic E-state index is -0.134. The van der Waals surface area contributed by atoms with Gasteiger partial charge in [0.25, 0.3) is 0 Å². The van der Waals surface area contributed by atoms with Gasteiger partial charge in [-0.1, -0.05) is 55.5 Å². The first-order chi connectivity index (χ1) is 12.3. The first-order valence-electron chi connectivity index (χ1n) is 8.18. The molecular formula is C20H19N3O2. The Labute approximate surface area is 146 Å². The Morgan fingerprint density at radius 2 is 1.72 bits per heavy atom. The van der Waals surface area contributed by atoms with Crippen molar-refractivity contribution in [2.75, 3.05) is 0 Å². The molecule has 0 saturated carbocycles. The average Bonchev–Trinajstić information content (AvgIpc) is 3.15. The summed E-state index contributed by atoms with van der Waals surface area (Å²) in [4.78, 5) is 12.4. The van der Waals surface area contributed by atoms with E-state index in [0.717, 1.165) is 11.1 Å². The molecule has 1 heterocycles. The van der Waals surface area contributed by atoms with Crippen molar-refractivity contribution in [1.29, 1.82) is 0 Å². The normalized spacial score (nSPS) is 11.3. The molecule has 126 valence electrons. The van der Waals surface area contributed by atoms with E-state index in [9.17, 15) is 4.79 Å². The van der Waals surface area contributed by atoms with E-state index in [1.54, 1.807) is 0 Å². The van der Waals surface area contributed by atoms with Crippen LogP contribution in [0.25, 0.3) is 17.5 Å². The molecule has 0 spiro atoms. The third kappa shape index (κ3) is 4.41. The van der Waals surface area contributed by atoms with Gasteiger partial charge in [0.1, 0.15) is 0 Å². The first kappa shape index (κ1) is 16.6. The van der Waals surface area contributed by atoms with Gasteiger partial charge in [0.15, 0.2) is 0 Å². The summed E-state index contributed by atoms with van der Waals surface area (Å²) in [5.74, 6) is 0.688. The van der Waals surface area contributed by atoms with E-state index in [1.807, 2.05) is 73.7 Å². The number of carbonyl (C=O) groups excluding carboxylic acids is 1. The van der Waals surface area contributed by atoms with Crippen molar-refractivity contribution >= 4 is 12.0 Å². The second kappa shape index (κ2) is 8.06. The second-order valence-electron chi connectivity index (χ2n) is 5.48. The summed E-state index contributed by atoms with van der Waals surface area (Å²) in [7, 11) is 0. The van der Waals surface area contributed by atoms with Crippen LogP contribution in [0.1, 0.15) is 24.8 Å². The van der Waals surface area contributed by atoms with Crippen LogP contribution in [0.4, 0.5) is 0 Å². The van der Waals surface area contributed by atoms with Crippen molar-refractivity contribution < 1.29 is 9.21 Å². The number of rotatable bonds is 6.